The molecule has 0 saturated heterocycles. The topological polar surface area (TPSA) is 102 Å². The number of carbonyl (C=O) groups excluding carboxylic acids is 3. The number of esters is 1. The van der Waals surface area contributed by atoms with E-state index in [0.717, 1.165) is 28.8 Å². The molecule has 8 heteroatoms. The quantitative estimate of drug-likeness (QED) is 0.556. The van der Waals surface area contributed by atoms with Gasteiger partial charge in [0.05, 0.1) is 24.6 Å². The zero-order valence-corrected chi connectivity index (χ0v) is 17.0. The number of amides is 2. The summed E-state index contributed by atoms with van der Waals surface area (Å²) in [6.45, 7) is 2.02. The van der Waals surface area contributed by atoms with Gasteiger partial charge in [-0.15, -0.1) is 0 Å². The largest absolute Gasteiger partial charge is 0.468 e. The summed E-state index contributed by atoms with van der Waals surface area (Å²) in [5.41, 5.74) is 3.21. The molecule has 156 valence electrons. The zero-order chi connectivity index (χ0) is 21.5. The van der Waals surface area contributed by atoms with Crippen LogP contribution in [0.25, 0.3) is 11.0 Å². The van der Waals surface area contributed by atoms with Crippen LogP contribution in [0.5, 0.6) is 0 Å². The van der Waals surface area contributed by atoms with E-state index in [2.05, 4.69) is 20.4 Å². The van der Waals surface area contributed by atoms with E-state index >= 15 is 0 Å². The van der Waals surface area contributed by atoms with E-state index in [4.69, 9.17) is 0 Å². The molecule has 3 aromatic rings. The Labute approximate surface area is 174 Å². The van der Waals surface area contributed by atoms with E-state index in [1.165, 1.54) is 7.11 Å². The Morgan fingerprint density at radius 2 is 1.77 bits per heavy atom. The average Bonchev–Trinajstić information content (AvgIpc) is 3.11. The van der Waals surface area contributed by atoms with Crippen molar-refractivity contribution in [2.24, 2.45) is 0 Å². The highest BCUT2D eigenvalue weighted by Crippen LogP contribution is 2.17. The monoisotopic (exact) mass is 408 g/mol. The number of hydrogen-bond donors (Lipinski definition) is 2. The Morgan fingerprint density at radius 3 is 2.47 bits per heavy atom. The van der Waals surface area contributed by atoms with Crippen molar-refractivity contribution in [1.82, 2.24) is 14.9 Å². The predicted octanol–water partition coefficient (Wildman–Crippen LogP) is 2.07. The molecule has 0 atom stereocenters. The Balaban J connectivity index is 1.59. The fraction of sp³-hybridized carbons (Fsp3) is 0.273. The second-order valence-corrected chi connectivity index (χ2v) is 6.73. The minimum atomic E-state index is -0.502. The van der Waals surface area contributed by atoms with Crippen molar-refractivity contribution in [2.45, 2.75) is 26.3 Å². The van der Waals surface area contributed by atoms with Gasteiger partial charge in [-0.25, -0.2) is 4.98 Å². The summed E-state index contributed by atoms with van der Waals surface area (Å²) in [7, 11) is 1.26. The molecule has 0 radical (unpaired) electrons. The summed E-state index contributed by atoms with van der Waals surface area (Å²) in [5.74, 6) is -0.0781. The number of methoxy groups -OCH3 is 1. The van der Waals surface area contributed by atoms with Gasteiger partial charge in [-0.1, -0.05) is 31.2 Å². The molecule has 30 heavy (non-hydrogen) atoms. The molecule has 2 amide bonds. The number of aryl methyl sites for hydroxylation is 1. The summed E-state index contributed by atoms with van der Waals surface area (Å²) in [6.07, 6.45) is 0.862. The molecule has 1 aromatic heterocycles. The number of aromatic nitrogens is 2. The number of anilines is 1. The zero-order valence-electron chi connectivity index (χ0n) is 17.0. The van der Waals surface area contributed by atoms with Crippen molar-refractivity contribution >= 4 is 34.5 Å². The van der Waals surface area contributed by atoms with Gasteiger partial charge in [-0.2, -0.15) is 0 Å². The third-order valence-corrected chi connectivity index (χ3v) is 4.61. The minimum absolute atomic E-state index is 0.131. The van der Waals surface area contributed by atoms with Crippen LogP contribution in [-0.2, 0) is 38.5 Å². The van der Waals surface area contributed by atoms with Crippen LogP contribution in [0.15, 0.2) is 48.5 Å². The molecule has 0 aliphatic carbocycles. The first-order valence-corrected chi connectivity index (χ1v) is 9.66. The standard InChI is InChI=1S/C22H24N4O4/c1-3-19-25-17-6-4-5-7-18(17)26(19)14-21(28)24-16-10-8-15(9-11-16)12-20(27)23-13-22(29)30-2/h4-11H,3,12-14H2,1-2H3,(H,23,27)(H,24,28). The lowest BCUT2D eigenvalue weighted by Crippen LogP contribution is -2.31. The third-order valence-electron chi connectivity index (χ3n) is 4.61. The molecule has 0 unspecified atom stereocenters. The Bertz CT molecular complexity index is 1060. The summed E-state index contributed by atoms with van der Waals surface area (Å²) >= 11 is 0. The minimum Gasteiger partial charge on any atom is -0.468 e. The fourth-order valence-electron chi connectivity index (χ4n) is 3.11. The van der Waals surface area contributed by atoms with Crippen LogP contribution in [0, 0.1) is 0 Å². The fourth-order valence-corrected chi connectivity index (χ4v) is 3.11. The van der Waals surface area contributed by atoms with E-state index < -0.39 is 5.97 Å². The number of fused-ring (bicyclic) bond motifs is 1. The Hall–Kier alpha value is -3.68. The van der Waals surface area contributed by atoms with Crippen molar-refractivity contribution in [2.75, 3.05) is 19.0 Å². The molecule has 0 aliphatic heterocycles. The highest BCUT2D eigenvalue weighted by molar-refractivity contribution is 5.92. The molecule has 0 saturated carbocycles. The molecule has 2 aromatic carbocycles. The van der Waals surface area contributed by atoms with Gasteiger partial charge in [0, 0.05) is 12.1 Å². The van der Waals surface area contributed by atoms with Gasteiger partial charge in [-0.05, 0) is 29.8 Å². The Morgan fingerprint density at radius 1 is 1.03 bits per heavy atom. The Kier molecular flexibility index (Phi) is 6.79. The highest BCUT2D eigenvalue weighted by Gasteiger charge is 2.13. The van der Waals surface area contributed by atoms with E-state index in [1.54, 1.807) is 24.3 Å². The number of para-hydroxylation sites is 2. The van der Waals surface area contributed by atoms with Gasteiger partial charge in [0.2, 0.25) is 11.8 Å². The van der Waals surface area contributed by atoms with Crippen molar-refractivity contribution in [3.8, 4) is 0 Å². The third kappa shape index (κ3) is 5.22. The number of ether oxygens (including phenoxy) is 1. The van der Waals surface area contributed by atoms with E-state index in [9.17, 15) is 14.4 Å². The van der Waals surface area contributed by atoms with Gasteiger partial charge in [0.1, 0.15) is 18.9 Å². The molecule has 0 fully saturated rings. The number of imidazole rings is 1. The normalized spacial score (nSPS) is 10.6. The first kappa shape index (κ1) is 21.0. The SMILES string of the molecule is CCc1nc2ccccc2n1CC(=O)Nc1ccc(CC(=O)NCC(=O)OC)cc1. The smallest absolute Gasteiger partial charge is 0.325 e. The van der Waals surface area contributed by atoms with Gasteiger partial charge in [0.25, 0.3) is 0 Å². The molecule has 0 aliphatic rings. The first-order valence-electron chi connectivity index (χ1n) is 9.66. The molecule has 3 rings (SSSR count). The van der Waals surface area contributed by atoms with Crippen LogP contribution in [-0.4, -0.2) is 41.0 Å². The van der Waals surface area contributed by atoms with Crippen LogP contribution in [0.3, 0.4) is 0 Å². The van der Waals surface area contributed by atoms with Gasteiger partial charge in [0.15, 0.2) is 0 Å². The van der Waals surface area contributed by atoms with Crippen molar-refractivity contribution in [3.05, 3.63) is 59.9 Å². The van der Waals surface area contributed by atoms with Gasteiger partial charge in [-0.3, -0.25) is 14.4 Å². The molecule has 8 nitrogen and oxygen atoms in total. The number of nitrogens with one attached hydrogen (secondary N) is 2. The van der Waals surface area contributed by atoms with E-state index in [1.807, 2.05) is 35.8 Å². The second-order valence-electron chi connectivity index (χ2n) is 6.73. The van der Waals surface area contributed by atoms with E-state index in [-0.39, 0.29) is 31.3 Å². The number of rotatable bonds is 8. The number of benzene rings is 2. The van der Waals surface area contributed by atoms with E-state index in [0.29, 0.717) is 5.69 Å². The van der Waals surface area contributed by atoms with Gasteiger partial charge >= 0.3 is 5.97 Å². The van der Waals surface area contributed by atoms with Crippen LogP contribution in [0.2, 0.25) is 0 Å². The summed E-state index contributed by atoms with van der Waals surface area (Å²) in [6, 6.07) is 14.8. The predicted molar refractivity (Wildman–Crippen MR) is 113 cm³/mol. The van der Waals surface area contributed by atoms with Gasteiger partial charge < -0.3 is 19.9 Å². The van der Waals surface area contributed by atoms with Crippen LogP contribution < -0.4 is 10.6 Å². The maximum atomic E-state index is 12.6. The molecular weight excluding hydrogens is 384 g/mol. The van der Waals surface area contributed by atoms with Crippen molar-refractivity contribution in [3.63, 3.8) is 0 Å². The lowest BCUT2D eigenvalue weighted by atomic mass is 10.1. The van der Waals surface area contributed by atoms with Crippen LogP contribution in [0.1, 0.15) is 18.3 Å². The average molecular weight is 408 g/mol. The lowest BCUT2D eigenvalue weighted by molar-refractivity contribution is -0.141. The summed E-state index contributed by atoms with van der Waals surface area (Å²) in [4.78, 5) is 40.0. The molecule has 1 heterocycles. The van der Waals surface area contributed by atoms with Crippen LogP contribution in [0.4, 0.5) is 5.69 Å². The summed E-state index contributed by atoms with van der Waals surface area (Å²) in [5, 5.41) is 5.36. The number of nitrogens with zero attached hydrogens (tertiary/aromatic N) is 2. The first-order chi connectivity index (χ1) is 14.5. The van der Waals surface area contributed by atoms with Crippen LogP contribution >= 0.6 is 0 Å². The lowest BCUT2D eigenvalue weighted by Gasteiger charge is -2.10. The number of carbonyl (C=O) groups is 3. The van der Waals surface area contributed by atoms with Crippen molar-refractivity contribution < 1.29 is 19.1 Å². The molecule has 0 spiro atoms. The number of hydrogen-bond acceptors (Lipinski definition) is 5. The molecule has 0 bridgehead atoms. The van der Waals surface area contributed by atoms with Crippen molar-refractivity contribution in [1.29, 1.82) is 0 Å². The highest BCUT2D eigenvalue weighted by atomic mass is 16.5. The second kappa shape index (κ2) is 9.69. The molecule has 2 N–H and O–H groups in total. The molecular formula is C22H24N4O4. The maximum Gasteiger partial charge on any atom is 0.325 e. The maximum absolute atomic E-state index is 12.6. The summed E-state index contributed by atoms with van der Waals surface area (Å²) < 4.78 is 6.40.